The average molecular weight is 480 g/mol. The fourth-order valence-electron chi connectivity index (χ4n) is 4.06. The van der Waals surface area contributed by atoms with Crippen LogP contribution in [0.1, 0.15) is 35.4 Å². The van der Waals surface area contributed by atoms with Gasteiger partial charge in [-0.3, -0.25) is 10.1 Å². The van der Waals surface area contributed by atoms with Crippen LogP contribution in [-0.2, 0) is 0 Å². The zero-order chi connectivity index (χ0) is 21.5. The van der Waals surface area contributed by atoms with E-state index in [2.05, 4.69) is 15.9 Å². The quantitative estimate of drug-likeness (QED) is 0.359. The number of benzene rings is 3. The van der Waals surface area contributed by atoms with Gasteiger partial charge in [0.15, 0.2) is 11.5 Å². The van der Waals surface area contributed by atoms with Gasteiger partial charge in [-0.05, 0) is 29.8 Å². The SMILES string of the molecule is COc1cc(Br)cc2c1O[C@@H](c1ccc([N+](=O)[O-])cc1)N1N=C(c3ccccc3)C[C@@H]21. The van der Waals surface area contributed by atoms with Crippen LogP contribution in [0.15, 0.2) is 76.3 Å². The van der Waals surface area contributed by atoms with Crippen molar-refractivity contribution in [2.24, 2.45) is 5.10 Å². The van der Waals surface area contributed by atoms with Gasteiger partial charge >= 0.3 is 0 Å². The third-order valence-corrected chi connectivity index (χ3v) is 5.99. The second-order valence-electron chi connectivity index (χ2n) is 7.36. The van der Waals surface area contributed by atoms with Crippen LogP contribution in [0.25, 0.3) is 0 Å². The van der Waals surface area contributed by atoms with Crippen molar-refractivity contribution in [3.05, 3.63) is 98.0 Å². The van der Waals surface area contributed by atoms with Crippen LogP contribution < -0.4 is 9.47 Å². The van der Waals surface area contributed by atoms with Gasteiger partial charge in [0.2, 0.25) is 6.23 Å². The van der Waals surface area contributed by atoms with Crippen LogP contribution in [0, 0.1) is 10.1 Å². The van der Waals surface area contributed by atoms with Gasteiger partial charge in [0, 0.05) is 34.2 Å². The smallest absolute Gasteiger partial charge is 0.269 e. The molecule has 2 heterocycles. The van der Waals surface area contributed by atoms with E-state index in [9.17, 15) is 10.1 Å². The molecule has 156 valence electrons. The Bertz CT molecular complexity index is 1180. The van der Waals surface area contributed by atoms with Gasteiger partial charge in [-0.1, -0.05) is 46.3 Å². The maximum atomic E-state index is 11.1. The first-order chi connectivity index (χ1) is 15.0. The van der Waals surface area contributed by atoms with Gasteiger partial charge in [0.25, 0.3) is 5.69 Å². The van der Waals surface area contributed by atoms with Gasteiger partial charge in [-0.15, -0.1) is 0 Å². The van der Waals surface area contributed by atoms with Crippen molar-refractivity contribution in [1.29, 1.82) is 0 Å². The zero-order valence-electron chi connectivity index (χ0n) is 16.6. The minimum atomic E-state index is -0.533. The predicted molar refractivity (Wildman–Crippen MR) is 119 cm³/mol. The van der Waals surface area contributed by atoms with Crippen LogP contribution in [0.3, 0.4) is 0 Å². The normalized spacial score (nSPS) is 19.2. The highest BCUT2D eigenvalue weighted by Crippen LogP contribution is 2.51. The van der Waals surface area contributed by atoms with Gasteiger partial charge in [-0.2, -0.15) is 5.10 Å². The molecule has 3 aromatic carbocycles. The number of rotatable bonds is 4. The number of nitrogens with zero attached hydrogens (tertiary/aromatic N) is 3. The van der Waals surface area contributed by atoms with Crippen molar-refractivity contribution >= 4 is 27.3 Å². The molecular formula is C23H18BrN3O4. The number of nitro benzene ring substituents is 1. The van der Waals surface area contributed by atoms with Crippen molar-refractivity contribution in [2.75, 3.05) is 7.11 Å². The molecule has 0 aromatic heterocycles. The fraction of sp³-hybridized carbons (Fsp3) is 0.174. The molecule has 0 unspecified atom stereocenters. The standard InChI is InChI=1S/C23H18BrN3O4/c1-30-21-12-16(24)11-18-20-13-19(14-5-3-2-4-6-14)25-26(20)23(31-22(18)21)15-7-9-17(10-8-15)27(28)29/h2-12,20,23H,13H2,1H3/t20-,23-/m0/s1. The van der Waals surface area contributed by atoms with E-state index in [1.807, 2.05) is 47.5 Å². The molecule has 2 aliphatic heterocycles. The molecule has 0 aliphatic carbocycles. The highest BCUT2D eigenvalue weighted by molar-refractivity contribution is 9.10. The lowest BCUT2D eigenvalue weighted by Crippen LogP contribution is -2.34. The molecule has 0 spiro atoms. The molecule has 8 heteroatoms. The summed E-state index contributed by atoms with van der Waals surface area (Å²) in [7, 11) is 1.61. The molecule has 0 bridgehead atoms. The number of hydrogen-bond acceptors (Lipinski definition) is 6. The predicted octanol–water partition coefficient (Wildman–Crippen LogP) is 5.61. The van der Waals surface area contributed by atoms with Crippen LogP contribution in [-0.4, -0.2) is 22.8 Å². The maximum Gasteiger partial charge on any atom is 0.269 e. The number of non-ortho nitro benzene ring substituents is 1. The minimum absolute atomic E-state index is 0.0351. The van der Waals surface area contributed by atoms with Crippen molar-refractivity contribution in [3.8, 4) is 11.5 Å². The highest BCUT2D eigenvalue weighted by atomic mass is 79.9. The largest absolute Gasteiger partial charge is 0.493 e. The highest BCUT2D eigenvalue weighted by Gasteiger charge is 2.42. The Morgan fingerprint density at radius 2 is 1.90 bits per heavy atom. The average Bonchev–Trinajstić information content (AvgIpc) is 3.24. The number of ether oxygens (including phenoxy) is 2. The summed E-state index contributed by atoms with van der Waals surface area (Å²) in [6.07, 6.45) is 0.179. The number of methoxy groups -OCH3 is 1. The Kier molecular flexibility index (Phi) is 4.86. The number of halogens is 1. The van der Waals surface area contributed by atoms with Crippen LogP contribution in [0.4, 0.5) is 5.69 Å². The van der Waals surface area contributed by atoms with Crippen molar-refractivity contribution in [1.82, 2.24) is 5.01 Å². The van der Waals surface area contributed by atoms with Crippen LogP contribution in [0.2, 0.25) is 0 Å². The molecule has 0 N–H and O–H groups in total. The molecule has 3 aromatic rings. The molecule has 0 saturated heterocycles. The summed E-state index contributed by atoms with van der Waals surface area (Å²) in [5, 5.41) is 17.9. The summed E-state index contributed by atoms with van der Waals surface area (Å²) < 4.78 is 12.9. The van der Waals surface area contributed by atoms with E-state index in [1.54, 1.807) is 19.2 Å². The Morgan fingerprint density at radius 1 is 1.16 bits per heavy atom. The molecule has 2 atom stereocenters. The summed E-state index contributed by atoms with van der Waals surface area (Å²) in [6.45, 7) is 0. The Labute approximate surface area is 187 Å². The lowest BCUT2D eigenvalue weighted by molar-refractivity contribution is -0.384. The molecule has 7 nitrogen and oxygen atoms in total. The summed E-state index contributed by atoms with van der Waals surface area (Å²) in [4.78, 5) is 10.7. The van der Waals surface area contributed by atoms with Crippen molar-refractivity contribution in [3.63, 3.8) is 0 Å². The summed E-state index contributed by atoms with van der Waals surface area (Å²) in [5.74, 6) is 1.30. The first-order valence-corrected chi connectivity index (χ1v) is 10.5. The first kappa shape index (κ1) is 19.6. The van der Waals surface area contributed by atoms with Crippen molar-refractivity contribution in [2.45, 2.75) is 18.7 Å². The zero-order valence-corrected chi connectivity index (χ0v) is 18.2. The third kappa shape index (κ3) is 3.42. The van der Waals surface area contributed by atoms with Gasteiger partial charge in [0.1, 0.15) is 0 Å². The monoisotopic (exact) mass is 479 g/mol. The summed E-state index contributed by atoms with van der Waals surface area (Å²) in [6, 6.07) is 20.3. The van der Waals surface area contributed by atoms with E-state index in [0.717, 1.165) is 26.9 Å². The van der Waals surface area contributed by atoms with Crippen molar-refractivity contribution < 1.29 is 14.4 Å². The maximum absolute atomic E-state index is 11.1. The number of hydrazone groups is 1. The Morgan fingerprint density at radius 3 is 2.58 bits per heavy atom. The second-order valence-corrected chi connectivity index (χ2v) is 8.27. The lowest BCUT2D eigenvalue weighted by atomic mass is 9.95. The van der Waals surface area contributed by atoms with Crippen LogP contribution >= 0.6 is 15.9 Å². The Hall–Kier alpha value is -3.39. The minimum Gasteiger partial charge on any atom is -0.493 e. The van der Waals surface area contributed by atoms with E-state index in [4.69, 9.17) is 14.6 Å². The van der Waals surface area contributed by atoms with E-state index in [1.165, 1.54) is 12.1 Å². The molecule has 0 fully saturated rings. The Balaban J connectivity index is 1.62. The van der Waals surface area contributed by atoms with Crippen LogP contribution in [0.5, 0.6) is 11.5 Å². The lowest BCUT2D eigenvalue weighted by Gasteiger charge is -2.38. The van der Waals surface area contributed by atoms with Gasteiger partial charge in [0.05, 0.1) is 23.8 Å². The first-order valence-electron chi connectivity index (χ1n) is 9.75. The second kappa shape index (κ2) is 7.70. The van der Waals surface area contributed by atoms with E-state index >= 15 is 0 Å². The summed E-state index contributed by atoms with van der Waals surface area (Å²) in [5.41, 5.74) is 3.83. The van der Waals surface area contributed by atoms with E-state index in [0.29, 0.717) is 17.9 Å². The number of nitro groups is 1. The molecule has 5 rings (SSSR count). The molecule has 0 amide bonds. The molecule has 0 saturated carbocycles. The van der Waals surface area contributed by atoms with Gasteiger partial charge in [-0.25, -0.2) is 5.01 Å². The number of fused-ring (bicyclic) bond motifs is 3. The summed E-state index contributed by atoms with van der Waals surface area (Å²) >= 11 is 3.57. The van der Waals surface area contributed by atoms with E-state index < -0.39 is 11.2 Å². The molecule has 2 aliphatic rings. The number of hydrogen-bond donors (Lipinski definition) is 0. The van der Waals surface area contributed by atoms with E-state index in [-0.39, 0.29) is 11.7 Å². The molecule has 0 radical (unpaired) electrons. The molecule has 31 heavy (non-hydrogen) atoms. The fourth-order valence-corrected chi connectivity index (χ4v) is 4.52. The van der Waals surface area contributed by atoms with Gasteiger partial charge < -0.3 is 9.47 Å². The topological polar surface area (TPSA) is 77.2 Å². The molecular weight excluding hydrogens is 462 g/mol. The third-order valence-electron chi connectivity index (χ3n) is 5.54.